The van der Waals surface area contributed by atoms with Gasteiger partial charge >= 0.3 is 0 Å². The highest BCUT2D eigenvalue weighted by atomic mass is 33.5. The molecule has 0 aliphatic heterocycles. The Bertz CT molecular complexity index is 200. The van der Waals surface area contributed by atoms with Crippen LogP contribution >= 0.6 is 31.8 Å². The molecule has 0 aromatic heterocycles. The molecule has 0 aliphatic carbocycles. The zero-order chi connectivity index (χ0) is 12.9. The number of nitrogens with zero attached hydrogens (tertiary/aromatic N) is 2. The predicted octanol–water partition coefficient (Wildman–Crippen LogP) is 4.19. The smallest absolute Gasteiger partial charge is 0.0279 e. The zero-order valence-electron chi connectivity index (χ0n) is 10.1. The average Bonchev–Trinajstić information content (AvgIpc) is 2.30. The van der Waals surface area contributed by atoms with Crippen molar-refractivity contribution in [2.75, 3.05) is 26.2 Å². The number of rotatable bonds is 12. The Labute approximate surface area is 117 Å². The summed E-state index contributed by atoms with van der Waals surface area (Å²) in [6.07, 6.45) is 7.58. The molecule has 0 heterocycles. The SMILES string of the molecule is C=CCN(CC=C)SSSN(CC=C)CC=C. The van der Waals surface area contributed by atoms with E-state index in [1.54, 1.807) is 31.8 Å². The van der Waals surface area contributed by atoms with Gasteiger partial charge in [0.2, 0.25) is 0 Å². The highest BCUT2D eigenvalue weighted by Crippen LogP contribution is 2.38. The Morgan fingerprint density at radius 1 is 0.647 bits per heavy atom. The number of hydrogen-bond acceptors (Lipinski definition) is 5. The molecule has 0 atom stereocenters. The lowest BCUT2D eigenvalue weighted by atomic mass is 10.5. The predicted molar refractivity (Wildman–Crippen MR) is 86.7 cm³/mol. The summed E-state index contributed by atoms with van der Waals surface area (Å²) in [6.45, 7) is 18.4. The molecule has 0 saturated heterocycles. The zero-order valence-corrected chi connectivity index (χ0v) is 12.5. The summed E-state index contributed by atoms with van der Waals surface area (Å²) in [5.74, 6) is 0. The quantitative estimate of drug-likeness (QED) is 0.301. The molecular weight excluding hydrogens is 268 g/mol. The van der Waals surface area contributed by atoms with Gasteiger partial charge in [0.25, 0.3) is 0 Å². The average molecular weight is 289 g/mol. The molecule has 0 bridgehead atoms. The van der Waals surface area contributed by atoms with Crippen molar-refractivity contribution in [2.45, 2.75) is 0 Å². The van der Waals surface area contributed by atoms with Crippen LogP contribution in [0.5, 0.6) is 0 Å². The fourth-order valence-corrected chi connectivity index (χ4v) is 4.93. The standard InChI is InChI=1S/C12H20N2S3/c1-5-9-13(10-6-2)15-17-16-14(11-7-3)12-8-4/h5-8H,1-4,9-12H2. The molecule has 17 heavy (non-hydrogen) atoms. The van der Waals surface area contributed by atoms with E-state index in [1.165, 1.54) is 0 Å². The van der Waals surface area contributed by atoms with Crippen LogP contribution in [0.25, 0.3) is 0 Å². The second kappa shape index (κ2) is 12.4. The summed E-state index contributed by atoms with van der Waals surface area (Å²) in [5, 5.41) is 0. The van der Waals surface area contributed by atoms with E-state index in [1.807, 2.05) is 24.3 Å². The van der Waals surface area contributed by atoms with Gasteiger partial charge in [0.1, 0.15) is 0 Å². The summed E-state index contributed by atoms with van der Waals surface area (Å²) >= 11 is 0. The van der Waals surface area contributed by atoms with Crippen LogP contribution in [0, 0.1) is 0 Å². The van der Waals surface area contributed by atoms with Crippen molar-refractivity contribution in [2.24, 2.45) is 0 Å². The fourth-order valence-electron chi connectivity index (χ4n) is 0.946. The molecule has 0 aliphatic rings. The second-order valence-corrected chi connectivity index (χ2v) is 7.06. The summed E-state index contributed by atoms with van der Waals surface area (Å²) < 4.78 is 4.38. The molecule has 96 valence electrons. The van der Waals surface area contributed by atoms with Crippen LogP contribution in [0.2, 0.25) is 0 Å². The van der Waals surface area contributed by atoms with Gasteiger partial charge in [-0.15, -0.1) is 26.3 Å². The first-order valence-electron chi connectivity index (χ1n) is 5.23. The Hall–Kier alpha value is -0.0700. The normalized spacial score (nSPS) is 10.5. The molecule has 0 radical (unpaired) electrons. The van der Waals surface area contributed by atoms with Crippen LogP contribution in [0.1, 0.15) is 0 Å². The molecule has 0 aromatic carbocycles. The maximum atomic E-state index is 3.74. The molecule has 0 N–H and O–H groups in total. The molecule has 0 amide bonds. The van der Waals surface area contributed by atoms with Gasteiger partial charge in [0.15, 0.2) is 0 Å². The maximum Gasteiger partial charge on any atom is 0.0279 e. The highest BCUT2D eigenvalue weighted by Gasteiger charge is 2.06. The van der Waals surface area contributed by atoms with Crippen LogP contribution in [-0.2, 0) is 0 Å². The Kier molecular flexibility index (Phi) is 12.3. The van der Waals surface area contributed by atoms with E-state index >= 15 is 0 Å². The van der Waals surface area contributed by atoms with Crippen molar-refractivity contribution in [3.8, 4) is 0 Å². The first kappa shape index (κ1) is 16.9. The first-order chi connectivity index (χ1) is 8.28. The van der Waals surface area contributed by atoms with E-state index in [4.69, 9.17) is 0 Å². The van der Waals surface area contributed by atoms with Crippen LogP contribution in [-0.4, -0.2) is 34.8 Å². The molecule has 5 heteroatoms. The van der Waals surface area contributed by atoms with Gasteiger partial charge in [-0.05, 0) is 0 Å². The fraction of sp³-hybridized carbons (Fsp3) is 0.333. The van der Waals surface area contributed by atoms with E-state index < -0.39 is 0 Å². The Morgan fingerprint density at radius 2 is 0.941 bits per heavy atom. The van der Waals surface area contributed by atoms with Crippen molar-refractivity contribution in [3.63, 3.8) is 0 Å². The van der Waals surface area contributed by atoms with Crippen LogP contribution in [0.3, 0.4) is 0 Å². The maximum absolute atomic E-state index is 3.74. The molecular formula is C12H20N2S3. The Balaban J connectivity index is 3.88. The Morgan fingerprint density at radius 3 is 1.18 bits per heavy atom. The lowest BCUT2D eigenvalue weighted by Gasteiger charge is -2.19. The van der Waals surface area contributed by atoms with Crippen molar-refractivity contribution in [1.82, 2.24) is 8.61 Å². The van der Waals surface area contributed by atoms with E-state index in [2.05, 4.69) is 34.9 Å². The monoisotopic (exact) mass is 288 g/mol. The third-order valence-corrected chi connectivity index (χ3v) is 5.47. The largest absolute Gasteiger partial charge is 0.233 e. The van der Waals surface area contributed by atoms with E-state index in [0.717, 1.165) is 26.2 Å². The summed E-state index contributed by atoms with van der Waals surface area (Å²) in [5.41, 5.74) is 0. The van der Waals surface area contributed by atoms with Gasteiger partial charge in [-0.25, -0.2) is 8.61 Å². The van der Waals surface area contributed by atoms with Gasteiger partial charge in [0, 0.05) is 58.0 Å². The summed E-state index contributed by atoms with van der Waals surface area (Å²) in [7, 11) is 5.15. The van der Waals surface area contributed by atoms with Crippen molar-refractivity contribution in [1.29, 1.82) is 0 Å². The minimum absolute atomic E-state index is 0.854. The third-order valence-electron chi connectivity index (χ3n) is 1.60. The highest BCUT2D eigenvalue weighted by molar-refractivity contribution is 9.08. The van der Waals surface area contributed by atoms with Gasteiger partial charge in [-0.3, -0.25) is 0 Å². The molecule has 0 unspecified atom stereocenters. The third kappa shape index (κ3) is 9.62. The lowest BCUT2D eigenvalue weighted by Crippen LogP contribution is -2.15. The number of hydrogen-bond donors (Lipinski definition) is 0. The minimum Gasteiger partial charge on any atom is -0.233 e. The molecule has 0 aromatic rings. The minimum atomic E-state index is 0.854. The molecule has 0 spiro atoms. The van der Waals surface area contributed by atoms with E-state index in [-0.39, 0.29) is 0 Å². The van der Waals surface area contributed by atoms with Crippen molar-refractivity contribution in [3.05, 3.63) is 50.6 Å². The van der Waals surface area contributed by atoms with Crippen LogP contribution in [0.4, 0.5) is 0 Å². The van der Waals surface area contributed by atoms with Gasteiger partial charge in [0.05, 0.1) is 0 Å². The lowest BCUT2D eigenvalue weighted by molar-refractivity contribution is 0.584. The van der Waals surface area contributed by atoms with Crippen LogP contribution in [0.15, 0.2) is 50.6 Å². The van der Waals surface area contributed by atoms with Gasteiger partial charge in [-0.2, -0.15) is 0 Å². The molecule has 0 rings (SSSR count). The summed E-state index contributed by atoms with van der Waals surface area (Å²) in [6, 6.07) is 0. The van der Waals surface area contributed by atoms with E-state index in [9.17, 15) is 0 Å². The topological polar surface area (TPSA) is 6.48 Å². The molecule has 0 saturated carbocycles. The molecule has 0 fully saturated rings. The van der Waals surface area contributed by atoms with E-state index in [0.29, 0.717) is 0 Å². The van der Waals surface area contributed by atoms with Gasteiger partial charge in [-0.1, -0.05) is 24.3 Å². The first-order valence-corrected chi connectivity index (χ1v) is 8.63. The van der Waals surface area contributed by atoms with Crippen molar-refractivity contribution >= 4 is 31.8 Å². The van der Waals surface area contributed by atoms with Crippen molar-refractivity contribution < 1.29 is 0 Å². The van der Waals surface area contributed by atoms with Gasteiger partial charge < -0.3 is 0 Å². The molecule has 2 nitrogen and oxygen atoms in total. The second-order valence-electron chi connectivity index (χ2n) is 3.07. The summed E-state index contributed by atoms with van der Waals surface area (Å²) in [4.78, 5) is 0. The van der Waals surface area contributed by atoms with Crippen LogP contribution < -0.4 is 0 Å².